The molecule has 0 saturated carbocycles. The molecule has 1 heterocycles. The molecule has 1 N–H and O–H groups in total. The molecule has 0 aliphatic carbocycles. The van der Waals surface area contributed by atoms with Crippen LogP contribution in [0.1, 0.15) is 6.92 Å². The normalized spacial score (nSPS) is 10.8. The maximum atomic E-state index is 13.5. The SMILES string of the molecule is CC(=O)Nc1cc(F)c(F)cc1-c1nc2ccccc2o1. The lowest BCUT2D eigenvalue weighted by Crippen LogP contribution is -2.08. The van der Waals surface area contributed by atoms with E-state index in [1.807, 2.05) is 0 Å². The molecular formula is C15H10F2N2O2. The van der Waals surface area contributed by atoms with E-state index in [0.29, 0.717) is 11.1 Å². The molecule has 2 aromatic carbocycles. The van der Waals surface area contributed by atoms with Gasteiger partial charge in [0.15, 0.2) is 17.2 Å². The Kier molecular flexibility index (Phi) is 3.13. The molecule has 0 saturated heterocycles. The van der Waals surface area contributed by atoms with E-state index in [4.69, 9.17) is 4.42 Å². The van der Waals surface area contributed by atoms with E-state index in [0.717, 1.165) is 12.1 Å². The maximum absolute atomic E-state index is 13.5. The van der Waals surface area contributed by atoms with Crippen LogP contribution >= 0.6 is 0 Å². The summed E-state index contributed by atoms with van der Waals surface area (Å²) < 4.78 is 32.4. The van der Waals surface area contributed by atoms with E-state index >= 15 is 0 Å². The van der Waals surface area contributed by atoms with Crippen molar-refractivity contribution in [2.75, 3.05) is 5.32 Å². The Balaban J connectivity index is 2.19. The van der Waals surface area contributed by atoms with Crippen LogP contribution in [0.4, 0.5) is 14.5 Å². The second-order valence-corrected chi connectivity index (χ2v) is 4.48. The molecule has 4 nitrogen and oxygen atoms in total. The lowest BCUT2D eigenvalue weighted by Gasteiger charge is -2.07. The van der Waals surface area contributed by atoms with Gasteiger partial charge in [0, 0.05) is 13.0 Å². The lowest BCUT2D eigenvalue weighted by atomic mass is 10.1. The Morgan fingerprint density at radius 3 is 2.62 bits per heavy atom. The zero-order valence-corrected chi connectivity index (χ0v) is 11.0. The van der Waals surface area contributed by atoms with Crippen molar-refractivity contribution in [3.05, 3.63) is 48.0 Å². The van der Waals surface area contributed by atoms with Crippen molar-refractivity contribution < 1.29 is 18.0 Å². The molecule has 6 heteroatoms. The third-order valence-corrected chi connectivity index (χ3v) is 2.90. The highest BCUT2D eigenvalue weighted by Crippen LogP contribution is 2.32. The number of halogens is 2. The number of benzene rings is 2. The standard InChI is InChI=1S/C15H10F2N2O2/c1-8(20)18-13-7-11(17)10(16)6-9(13)15-19-12-4-2-3-5-14(12)21-15/h2-7H,1H3,(H,18,20). The number of rotatable bonds is 2. The number of nitrogens with one attached hydrogen (secondary N) is 1. The monoisotopic (exact) mass is 288 g/mol. The number of para-hydroxylation sites is 2. The number of oxazole rings is 1. The van der Waals surface area contributed by atoms with Crippen LogP contribution in [0, 0.1) is 11.6 Å². The van der Waals surface area contributed by atoms with Gasteiger partial charge >= 0.3 is 0 Å². The van der Waals surface area contributed by atoms with Gasteiger partial charge in [0.1, 0.15) is 5.52 Å². The van der Waals surface area contributed by atoms with Crippen molar-refractivity contribution in [2.24, 2.45) is 0 Å². The smallest absolute Gasteiger partial charge is 0.229 e. The molecule has 0 unspecified atom stereocenters. The molecule has 3 rings (SSSR count). The number of hydrogen-bond donors (Lipinski definition) is 1. The fourth-order valence-corrected chi connectivity index (χ4v) is 2.00. The van der Waals surface area contributed by atoms with E-state index in [2.05, 4.69) is 10.3 Å². The minimum absolute atomic E-state index is 0.105. The van der Waals surface area contributed by atoms with Crippen molar-refractivity contribution in [3.8, 4) is 11.5 Å². The number of hydrogen-bond acceptors (Lipinski definition) is 3. The van der Waals surface area contributed by atoms with Crippen LogP contribution in [0.3, 0.4) is 0 Å². The quantitative estimate of drug-likeness (QED) is 0.781. The van der Waals surface area contributed by atoms with Gasteiger partial charge in [-0.05, 0) is 18.2 Å². The summed E-state index contributed by atoms with van der Waals surface area (Å²) in [6.07, 6.45) is 0. The number of nitrogens with zero attached hydrogens (tertiary/aromatic N) is 1. The number of amides is 1. The van der Waals surface area contributed by atoms with Crippen molar-refractivity contribution in [3.63, 3.8) is 0 Å². The molecule has 0 radical (unpaired) electrons. The number of anilines is 1. The molecule has 106 valence electrons. The predicted octanol–water partition coefficient (Wildman–Crippen LogP) is 3.73. The zero-order valence-electron chi connectivity index (χ0n) is 11.0. The Morgan fingerprint density at radius 2 is 1.90 bits per heavy atom. The fourth-order valence-electron chi connectivity index (χ4n) is 2.00. The lowest BCUT2D eigenvalue weighted by molar-refractivity contribution is -0.114. The Hall–Kier alpha value is -2.76. The van der Waals surface area contributed by atoms with E-state index in [1.54, 1.807) is 24.3 Å². The van der Waals surface area contributed by atoms with Gasteiger partial charge in [0.2, 0.25) is 11.8 Å². The van der Waals surface area contributed by atoms with E-state index in [9.17, 15) is 13.6 Å². The van der Waals surface area contributed by atoms with Crippen LogP contribution < -0.4 is 5.32 Å². The van der Waals surface area contributed by atoms with Gasteiger partial charge in [0.05, 0.1) is 11.3 Å². The van der Waals surface area contributed by atoms with Crippen molar-refractivity contribution >= 4 is 22.7 Å². The van der Waals surface area contributed by atoms with Gasteiger partial charge in [0.25, 0.3) is 0 Å². The van der Waals surface area contributed by atoms with Crippen molar-refractivity contribution in [2.45, 2.75) is 6.92 Å². The third-order valence-electron chi connectivity index (χ3n) is 2.90. The molecule has 0 aliphatic rings. The second-order valence-electron chi connectivity index (χ2n) is 4.48. The first kappa shape index (κ1) is 13.2. The largest absolute Gasteiger partial charge is 0.436 e. The number of fused-ring (bicyclic) bond motifs is 1. The Labute approximate surface area is 118 Å². The average molecular weight is 288 g/mol. The maximum Gasteiger partial charge on any atom is 0.229 e. The summed E-state index contributed by atoms with van der Waals surface area (Å²) >= 11 is 0. The summed E-state index contributed by atoms with van der Waals surface area (Å²) in [7, 11) is 0. The molecule has 0 fully saturated rings. The molecule has 0 aliphatic heterocycles. The summed E-state index contributed by atoms with van der Waals surface area (Å²) in [5, 5.41) is 2.44. The van der Waals surface area contributed by atoms with Gasteiger partial charge in [-0.2, -0.15) is 0 Å². The van der Waals surface area contributed by atoms with Crippen LogP contribution in [-0.2, 0) is 4.79 Å². The average Bonchev–Trinajstić information content (AvgIpc) is 2.85. The fraction of sp³-hybridized carbons (Fsp3) is 0.0667. The molecule has 0 atom stereocenters. The first-order chi connectivity index (χ1) is 10.0. The molecular weight excluding hydrogens is 278 g/mol. The topological polar surface area (TPSA) is 55.1 Å². The summed E-state index contributed by atoms with van der Waals surface area (Å²) in [5.74, 6) is -2.39. The molecule has 0 bridgehead atoms. The third kappa shape index (κ3) is 2.47. The van der Waals surface area contributed by atoms with E-state index in [1.165, 1.54) is 6.92 Å². The van der Waals surface area contributed by atoms with Crippen LogP contribution in [0.25, 0.3) is 22.6 Å². The molecule has 3 aromatic rings. The van der Waals surface area contributed by atoms with Gasteiger partial charge < -0.3 is 9.73 Å². The summed E-state index contributed by atoms with van der Waals surface area (Å²) in [4.78, 5) is 15.4. The molecule has 21 heavy (non-hydrogen) atoms. The summed E-state index contributed by atoms with van der Waals surface area (Å²) in [6, 6.07) is 8.86. The first-order valence-electron chi connectivity index (χ1n) is 6.17. The van der Waals surface area contributed by atoms with Gasteiger partial charge in [-0.15, -0.1) is 0 Å². The molecule has 1 amide bonds. The summed E-state index contributed by atoms with van der Waals surface area (Å²) in [5.41, 5.74) is 1.39. The van der Waals surface area contributed by atoms with Crippen LogP contribution in [0.5, 0.6) is 0 Å². The Morgan fingerprint density at radius 1 is 1.19 bits per heavy atom. The highest BCUT2D eigenvalue weighted by molar-refractivity contribution is 5.93. The Bertz CT molecular complexity index is 810. The number of carbonyl (C=O) groups excluding carboxylic acids is 1. The first-order valence-corrected chi connectivity index (χ1v) is 6.17. The minimum atomic E-state index is -1.06. The highest BCUT2D eigenvalue weighted by Gasteiger charge is 2.17. The number of aromatic nitrogens is 1. The molecule has 0 spiro atoms. The van der Waals surface area contributed by atoms with Gasteiger partial charge in [-0.25, -0.2) is 13.8 Å². The van der Waals surface area contributed by atoms with Gasteiger partial charge in [-0.3, -0.25) is 4.79 Å². The molecule has 1 aromatic heterocycles. The van der Waals surface area contributed by atoms with Crippen molar-refractivity contribution in [1.29, 1.82) is 0 Å². The van der Waals surface area contributed by atoms with Crippen LogP contribution in [0.15, 0.2) is 40.8 Å². The van der Waals surface area contributed by atoms with Crippen LogP contribution in [-0.4, -0.2) is 10.9 Å². The van der Waals surface area contributed by atoms with E-state index < -0.39 is 17.5 Å². The van der Waals surface area contributed by atoms with E-state index in [-0.39, 0.29) is 17.1 Å². The second kappa shape index (κ2) is 4.97. The minimum Gasteiger partial charge on any atom is -0.436 e. The number of carbonyl (C=O) groups is 1. The van der Waals surface area contributed by atoms with Crippen molar-refractivity contribution in [1.82, 2.24) is 4.98 Å². The zero-order chi connectivity index (χ0) is 15.0. The predicted molar refractivity (Wildman–Crippen MR) is 73.7 cm³/mol. The highest BCUT2D eigenvalue weighted by atomic mass is 19.2. The summed E-state index contributed by atoms with van der Waals surface area (Å²) in [6.45, 7) is 1.27. The van der Waals surface area contributed by atoms with Gasteiger partial charge in [-0.1, -0.05) is 12.1 Å². The van der Waals surface area contributed by atoms with Crippen LogP contribution in [0.2, 0.25) is 0 Å².